The lowest BCUT2D eigenvalue weighted by atomic mass is 10.1. The number of rotatable bonds is 2. The van der Waals surface area contributed by atoms with Crippen molar-refractivity contribution in [1.29, 1.82) is 0 Å². The van der Waals surface area contributed by atoms with E-state index < -0.39 is 0 Å². The van der Waals surface area contributed by atoms with Crippen LogP contribution in [-0.4, -0.2) is 6.29 Å². The van der Waals surface area contributed by atoms with E-state index in [1.165, 1.54) is 11.3 Å². The van der Waals surface area contributed by atoms with Gasteiger partial charge < -0.3 is 0 Å². The molecule has 0 atom stereocenters. The Hall–Kier alpha value is -0.860. The van der Waals surface area contributed by atoms with Crippen molar-refractivity contribution in [2.24, 2.45) is 0 Å². The van der Waals surface area contributed by atoms with E-state index in [1.807, 2.05) is 18.2 Å². The van der Waals surface area contributed by atoms with Crippen molar-refractivity contribution in [3.8, 4) is 0 Å². The van der Waals surface area contributed by atoms with Gasteiger partial charge in [0.1, 0.15) is 0 Å². The van der Waals surface area contributed by atoms with E-state index in [1.54, 1.807) is 0 Å². The van der Waals surface area contributed by atoms with Gasteiger partial charge in [-0.1, -0.05) is 18.5 Å². The summed E-state index contributed by atoms with van der Waals surface area (Å²) in [6.07, 6.45) is 1.80. The van der Waals surface area contributed by atoms with E-state index >= 15 is 0 Å². The van der Waals surface area contributed by atoms with Crippen molar-refractivity contribution >= 4 is 39.3 Å². The van der Waals surface area contributed by atoms with Gasteiger partial charge in [-0.2, -0.15) is 0 Å². The molecule has 0 N–H and O–H groups in total. The summed E-state index contributed by atoms with van der Waals surface area (Å²) in [4.78, 5) is 11.6. The fourth-order valence-corrected chi connectivity index (χ4v) is 2.86. The standard InChI is InChI=1S/C11H9ClOS/c1-2-8-9-5-7(12)3-4-10(9)14-11(8)6-13/h3-6H,2H2,1H3. The summed E-state index contributed by atoms with van der Waals surface area (Å²) in [6, 6.07) is 5.75. The van der Waals surface area contributed by atoms with Gasteiger partial charge in [-0.3, -0.25) is 4.79 Å². The Kier molecular flexibility index (Phi) is 2.57. The second kappa shape index (κ2) is 3.71. The molecule has 0 amide bonds. The molecule has 0 aliphatic heterocycles. The highest BCUT2D eigenvalue weighted by Crippen LogP contribution is 2.32. The van der Waals surface area contributed by atoms with Gasteiger partial charge in [0.25, 0.3) is 0 Å². The highest BCUT2D eigenvalue weighted by atomic mass is 35.5. The minimum Gasteiger partial charge on any atom is -0.297 e. The van der Waals surface area contributed by atoms with Gasteiger partial charge in [0.2, 0.25) is 0 Å². The first kappa shape index (κ1) is 9.69. The van der Waals surface area contributed by atoms with E-state index in [4.69, 9.17) is 11.6 Å². The van der Waals surface area contributed by atoms with Crippen molar-refractivity contribution < 1.29 is 4.79 Å². The normalized spacial score (nSPS) is 10.7. The van der Waals surface area contributed by atoms with Gasteiger partial charge in [-0.05, 0) is 35.6 Å². The summed E-state index contributed by atoms with van der Waals surface area (Å²) < 4.78 is 1.13. The number of fused-ring (bicyclic) bond motifs is 1. The molecule has 2 aromatic rings. The molecule has 2 rings (SSSR count). The molecule has 0 spiro atoms. The number of carbonyl (C=O) groups excluding carboxylic acids is 1. The van der Waals surface area contributed by atoms with Gasteiger partial charge in [0.05, 0.1) is 4.88 Å². The van der Waals surface area contributed by atoms with Crippen molar-refractivity contribution in [1.82, 2.24) is 0 Å². The second-order valence-electron chi connectivity index (χ2n) is 3.06. The highest BCUT2D eigenvalue weighted by Gasteiger charge is 2.09. The molecule has 0 aliphatic carbocycles. The van der Waals surface area contributed by atoms with Crippen molar-refractivity contribution in [3.05, 3.63) is 33.7 Å². The Labute approximate surface area is 91.3 Å². The fourth-order valence-electron chi connectivity index (χ4n) is 1.60. The Morgan fingerprint density at radius 2 is 2.29 bits per heavy atom. The van der Waals surface area contributed by atoms with E-state index in [-0.39, 0.29) is 0 Å². The van der Waals surface area contributed by atoms with Gasteiger partial charge in [0.15, 0.2) is 6.29 Å². The fraction of sp³-hybridized carbons (Fsp3) is 0.182. The number of thiophene rings is 1. The summed E-state index contributed by atoms with van der Waals surface area (Å²) in [7, 11) is 0. The first-order valence-corrected chi connectivity index (χ1v) is 5.61. The molecular weight excluding hydrogens is 216 g/mol. The van der Waals surface area contributed by atoms with Gasteiger partial charge in [-0.15, -0.1) is 11.3 Å². The third kappa shape index (κ3) is 1.45. The molecule has 1 nitrogen and oxygen atoms in total. The number of aryl methyl sites for hydroxylation is 1. The van der Waals surface area contributed by atoms with E-state index in [0.29, 0.717) is 0 Å². The number of hydrogen-bond donors (Lipinski definition) is 0. The molecule has 0 saturated heterocycles. The average Bonchev–Trinajstić information content (AvgIpc) is 2.54. The van der Waals surface area contributed by atoms with Crippen LogP contribution in [0.3, 0.4) is 0 Å². The molecule has 3 heteroatoms. The Morgan fingerprint density at radius 3 is 2.93 bits per heavy atom. The molecule has 0 saturated carbocycles. The Balaban J connectivity index is 2.81. The van der Waals surface area contributed by atoms with Crippen molar-refractivity contribution in [2.75, 3.05) is 0 Å². The summed E-state index contributed by atoms with van der Waals surface area (Å²) in [6.45, 7) is 2.05. The van der Waals surface area contributed by atoms with Crippen LogP contribution in [0.1, 0.15) is 22.2 Å². The SMILES string of the molecule is CCc1c(C=O)sc2ccc(Cl)cc12. The molecule has 0 bridgehead atoms. The maximum atomic E-state index is 10.8. The monoisotopic (exact) mass is 224 g/mol. The Morgan fingerprint density at radius 1 is 1.50 bits per heavy atom. The van der Waals surface area contributed by atoms with Crippen LogP contribution in [-0.2, 0) is 6.42 Å². The summed E-state index contributed by atoms with van der Waals surface area (Å²) in [5.74, 6) is 0. The molecule has 1 aromatic heterocycles. The molecular formula is C11H9ClOS. The first-order chi connectivity index (χ1) is 6.76. The van der Waals surface area contributed by atoms with Gasteiger partial charge >= 0.3 is 0 Å². The summed E-state index contributed by atoms with van der Waals surface area (Å²) in [5.41, 5.74) is 1.11. The zero-order valence-electron chi connectivity index (χ0n) is 7.71. The lowest BCUT2D eigenvalue weighted by Crippen LogP contribution is -1.82. The first-order valence-electron chi connectivity index (χ1n) is 4.42. The largest absolute Gasteiger partial charge is 0.297 e. The van der Waals surface area contributed by atoms with Crippen LogP contribution in [0.5, 0.6) is 0 Å². The van der Waals surface area contributed by atoms with Gasteiger partial charge in [-0.25, -0.2) is 0 Å². The minimum atomic E-state index is 0.724. The second-order valence-corrected chi connectivity index (χ2v) is 4.58. The molecule has 14 heavy (non-hydrogen) atoms. The number of aldehydes is 1. The number of halogens is 1. The van der Waals surface area contributed by atoms with Crippen LogP contribution < -0.4 is 0 Å². The lowest BCUT2D eigenvalue weighted by Gasteiger charge is -1.95. The topological polar surface area (TPSA) is 17.1 Å². The predicted octanol–water partition coefficient (Wildman–Crippen LogP) is 3.93. The number of carbonyl (C=O) groups is 1. The van der Waals surface area contributed by atoms with Crippen LogP contribution >= 0.6 is 22.9 Å². The quantitative estimate of drug-likeness (QED) is 0.707. The molecule has 0 radical (unpaired) electrons. The minimum absolute atomic E-state index is 0.724. The van der Waals surface area contributed by atoms with Crippen LogP contribution in [0.4, 0.5) is 0 Å². The zero-order chi connectivity index (χ0) is 10.1. The molecule has 72 valence electrons. The Bertz CT molecular complexity index is 487. The lowest BCUT2D eigenvalue weighted by molar-refractivity contribution is 0.112. The molecule has 0 fully saturated rings. The summed E-state index contributed by atoms with van der Waals surface area (Å²) >= 11 is 7.45. The average molecular weight is 225 g/mol. The van der Waals surface area contributed by atoms with E-state index in [2.05, 4.69) is 6.92 Å². The maximum absolute atomic E-state index is 10.8. The highest BCUT2D eigenvalue weighted by molar-refractivity contribution is 7.20. The van der Waals surface area contributed by atoms with Crippen LogP contribution in [0.25, 0.3) is 10.1 Å². The van der Waals surface area contributed by atoms with Crippen LogP contribution in [0.2, 0.25) is 5.02 Å². The van der Waals surface area contributed by atoms with Crippen LogP contribution in [0.15, 0.2) is 18.2 Å². The molecule has 1 aromatic carbocycles. The third-order valence-corrected chi connectivity index (χ3v) is 3.62. The summed E-state index contributed by atoms with van der Waals surface area (Å²) in [5, 5.41) is 1.84. The van der Waals surface area contributed by atoms with Crippen molar-refractivity contribution in [2.45, 2.75) is 13.3 Å². The van der Waals surface area contributed by atoms with E-state index in [0.717, 1.165) is 38.3 Å². The van der Waals surface area contributed by atoms with E-state index in [9.17, 15) is 4.79 Å². The van der Waals surface area contributed by atoms with Crippen LogP contribution in [0, 0.1) is 0 Å². The van der Waals surface area contributed by atoms with Gasteiger partial charge in [0, 0.05) is 9.72 Å². The zero-order valence-corrected chi connectivity index (χ0v) is 9.28. The number of benzene rings is 1. The predicted molar refractivity (Wildman–Crippen MR) is 61.6 cm³/mol. The molecule has 0 unspecified atom stereocenters. The maximum Gasteiger partial charge on any atom is 0.160 e. The molecule has 1 heterocycles. The third-order valence-electron chi connectivity index (χ3n) is 2.24. The molecule has 0 aliphatic rings. The number of hydrogen-bond acceptors (Lipinski definition) is 2. The van der Waals surface area contributed by atoms with Crippen molar-refractivity contribution in [3.63, 3.8) is 0 Å². The smallest absolute Gasteiger partial charge is 0.160 e.